The molecule has 2 aromatic carbocycles. The van der Waals surface area contributed by atoms with Crippen molar-refractivity contribution in [1.82, 2.24) is 19.8 Å². The van der Waals surface area contributed by atoms with E-state index in [4.69, 9.17) is 0 Å². The molecule has 1 aliphatic rings. The van der Waals surface area contributed by atoms with Gasteiger partial charge in [0.25, 0.3) is 0 Å². The zero-order chi connectivity index (χ0) is 22.6. The molecule has 4 aromatic rings. The molecule has 0 atom stereocenters. The van der Waals surface area contributed by atoms with Crippen molar-refractivity contribution in [2.75, 3.05) is 36.8 Å². The number of aromatic nitrogens is 2. The van der Waals surface area contributed by atoms with Crippen molar-refractivity contribution in [1.29, 1.82) is 0 Å². The van der Waals surface area contributed by atoms with Crippen LogP contribution in [0.2, 0.25) is 0 Å². The highest BCUT2D eigenvalue weighted by Crippen LogP contribution is 2.22. The lowest BCUT2D eigenvalue weighted by atomic mass is 10.2. The smallest absolute Gasteiger partial charge is 0.321 e. The zero-order valence-corrected chi connectivity index (χ0v) is 18.1. The molecule has 0 aliphatic carbocycles. The maximum atomic E-state index is 12.9. The molecular weight excluding hydrogens is 416 g/mol. The summed E-state index contributed by atoms with van der Waals surface area (Å²) in [6, 6.07) is 18.7. The Balaban J connectivity index is 1.24. The number of rotatable bonds is 2. The van der Waals surface area contributed by atoms with E-state index in [-0.39, 0.29) is 12.1 Å². The first kappa shape index (κ1) is 20.7. The minimum atomic E-state index is -0.186. The van der Waals surface area contributed by atoms with E-state index in [1.165, 1.54) is 0 Å². The molecule has 8 nitrogen and oxygen atoms in total. The molecule has 2 N–H and O–H groups in total. The number of para-hydroxylation sites is 2. The normalized spacial score (nSPS) is 14.2. The fourth-order valence-corrected chi connectivity index (χ4v) is 4.12. The van der Waals surface area contributed by atoms with Crippen LogP contribution in [-0.4, -0.2) is 58.0 Å². The lowest BCUT2D eigenvalue weighted by molar-refractivity contribution is 0.205. The van der Waals surface area contributed by atoms with Crippen molar-refractivity contribution >= 4 is 45.2 Å². The van der Waals surface area contributed by atoms with Crippen molar-refractivity contribution in [3.8, 4) is 0 Å². The van der Waals surface area contributed by atoms with Gasteiger partial charge >= 0.3 is 12.1 Å². The number of fused-ring (bicyclic) bond motifs is 2. The Labute approximate surface area is 191 Å². The summed E-state index contributed by atoms with van der Waals surface area (Å²) in [4.78, 5) is 38.2. The number of hydrogen-bond acceptors (Lipinski definition) is 4. The summed E-state index contributed by atoms with van der Waals surface area (Å²) < 4.78 is 0. The third-order valence-corrected chi connectivity index (χ3v) is 5.82. The Morgan fingerprint density at radius 3 is 1.58 bits per heavy atom. The van der Waals surface area contributed by atoms with Gasteiger partial charge in [-0.3, -0.25) is 9.97 Å². The van der Waals surface area contributed by atoms with Gasteiger partial charge in [0.2, 0.25) is 0 Å². The fraction of sp³-hybridized carbons (Fsp3) is 0.200. The Morgan fingerprint density at radius 2 is 1.09 bits per heavy atom. The first-order valence-electron chi connectivity index (χ1n) is 11.0. The van der Waals surface area contributed by atoms with Gasteiger partial charge < -0.3 is 20.4 Å². The lowest BCUT2D eigenvalue weighted by Crippen LogP contribution is -2.40. The molecule has 3 heterocycles. The first-order chi connectivity index (χ1) is 16.2. The van der Waals surface area contributed by atoms with Crippen LogP contribution in [0.3, 0.4) is 0 Å². The van der Waals surface area contributed by atoms with Gasteiger partial charge in [-0.1, -0.05) is 36.4 Å². The highest BCUT2D eigenvalue weighted by atomic mass is 16.2. The van der Waals surface area contributed by atoms with Crippen LogP contribution >= 0.6 is 0 Å². The molecule has 8 heteroatoms. The molecule has 1 aliphatic heterocycles. The largest absolute Gasteiger partial charge is 0.323 e. The van der Waals surface area contributed by atoms with E-state index in [9.17, 15) is 9.59 Å². The third-order valence-electron chi connectivity index (χ3n) is 5.82. The summed E-state index contributed by atoms with van der Waals surface area (Å²) in [6.45, 7) is 2.05. The van der Waals surface area contributed by atoms with Gasteiger partial charge in [0.05, 0.1) is 22.4 Å². The predicted octanol–water partition coefficient (Wildman–Crippen LogP) is 4.55. The van der Waals surface area contributed by atoms with Gasteiger partial charge in [-0.25, -0.2) is 9.59 Å². The highest BCUT2D eigenvalue weighted by Gasteiger charge is 2.23. The molecule has 0 radical (unpaired) electrons. The standard InChI is InChI=1S/C25H24N6O2/c32-24(28-20-10-1-6-18-8-3-12-26-22(18)20)30-14-5-15-31(17-16-30)25(33)29-21-11-2-7-19-9-4-13-27-23(19)21/h1-4,6-13H,5,14-17H2,(H,28,32)(H,29,33). The number of anilines is 2. The Kier molecular flexibility index (Phi) is 5.72. The van der Waals surface area contributed by atoms with Crippen LogP contribution in [0.15, 0.2) is 73.1 Å². The van der Waals surface area contributed by atoms with Crippen molar-refractivity contribution in [3.63, 3.8) is 0 Å². The number of carbonyl (C=O) groups is 2. The molecule has 166 valence electrons. The molecule has 33 heavy (non-hydrogen) atoms. The van der Waals surface area contributed by atoms with Crippen LogP contribution in [0.1, 0.15) is 6.42 Å². The quantitative estimate of drug-likeness (QED) is 0.478. The van der Waals surface area contributed by atoms with Crippen molar-refractivity contribution in [2.24, 2.45) is 0 Å². The number of nitrogens with zero attached hydrogens (tertiary/aromatic N) is 4. The van der Waals surface area contributed by atoms with Crippen molar-refractivity contribution < 1.29 is 9.59 Å². The molecule has 0 unspecified atom stereocenters. The van der Waals surface area contributed by atoms with Crippen LogP contribution in [0.25, 0.3) is 21.8 Å². The summed E-state index contributed by atoms with van der Waals surface area (Å²) in [5, 5.41) is 7.91. The summed E-state index contributed by atoms with van der Waals surface area (Å²) >= 11 is 0. The number of pyridine rings is 2. The Hall–Kier alpha value is -4.20. The Bertz CT molecular complexity index is 1210. The minimum absolute atomic E-state index is 0.186. The van der Waals surface area contributed by atoms with Crippen molar-refractivity contribution in [2.45, 2.75) is 6.42 Å². The van der Waals surface area contributed by atoms with Crippen LogP contribution in [0, 0.1) is 0 Å². The molecule has 4 amide bonds. The SMILES string of the molecule is O=C(Nc1cccc2cccnc12)N1CCCN(C(=O)Nc2cccc3cccnc23)CC1. The molecule has 1 saturated heterocycles. The zero-order valence-electron chi connectivity index (χ0n) is 18.1. The van der Waals surface area contributed by atoms with Crippen LogP contribution in [-0.2, 0) is 0 Å². The maximum absolute atomic E-state index is 12.9. The number of urea groups is 2. The highest BCUT2D eigenvalue weighted by molar-refractivity contribution is 6.00. The number of amides is 4. The fourth-order valence-electron chi connectivity index (χ4n) is 4.12. The van der Waals surface area contributed by atoms with Crippen LogP contribution < -0.4 is 10.6 Å². The number of carbonyl (C=O) groups excluding carboxylic acids is 2. The van der Waals surface area contributed by atoms with Gasteiger partial charge in [0, 0.05) is 49.3 Å². The monoisotopic (exact) mass is 440 g/mol. The molecular formula is C25H24N6O2. The number of benzene rings is 2. The molecule has 0 saturated carbocycles. The van der Waals surface area contributed by atoms with E-state index in [0.29, 0.717) is 44.0 Å². The van der Waals surface area contributed by atoms with E-state index in [2.05, 4.69) is 20.6 Å². The molecule has 0 spiro atoms. The summed E-state index contributed by atoms with van der Waals surface area (Å²) in [7, 11) is 0. The van der Waals surface area contributed by atoms with Crippen LogP contribution in [0.4, 0.5) is 21.0 Å². The van der Waals surface area contributed by atoms with Gasteiger partial charge in [-0.15, -0.1) is 0 Å². The Morgan fingerprint density at radius 1 is 0.636 bits per heavy atom. The first-order valence-corrected chi connectivity index (χ1v) is 11.0. The minimum Gasteiger partial charge on any atom is -0.323 e. The second-order valence-corrected chi connectivity index (χ2v) is 7.95. The second kappa shape index (κ2) is 9.12. The average Bonchev–Trinajstić information content (AvgIpc) is 3.11. The molecule has 2 aromatic heterocycles. The summed E-state index contributed by atoms with van der Waals surface area (Å²) in [5.74, 6) is 0. The second-order valence-electron chi connectivity index (χ2n) is 7.95. The van der Waals surface area contributed by atoms with Gasteiger partial charge in [0.1, 0.15) is 0 Å². The van der Waals surface area contributed by atoms with E-state index in [1.54, 1.807) is 22.2 Å². The number of nitrogens with one attached hydrogen (secondary N) is 2. The van der Waals surface area contributed by atoms with Crippen molar-refractivity contribution in [3.05, 3.63) is 73.1 Å². The molecule has 1 fully saturated rings. The van der Waals surface area contributed by atoms with E-state index in [1.807, 2.05) is 60.7 Å². The molecule has 0 bridgehead atoms. The summed E-state index contributed by atoms with van der Waals surface area (Å²) in [5.41, 5.74) is 2.88. The van der Waals surface area contributed by atoms with Gasteiger partial charge in [0.15, 0.2) is 0 Å². The van der Waals surface area contributed by atoms with E-state index >= 15 is 0 Å². The predicted molar refractivity (Wildman–Crippen MR) is 129 cm³/mol. The number of hydrogen-bond donors (Lipinski definition) is 2. The van der Waals surface area contributed by atoms with Crippen LogP contribution in [0.5, 0.6) is 0 Å². The summed E-state index contributed by atoms with van der Waals surface area (Å²) in [6.07, 6.45) is 4.13. The lowest BCUT2D eigenvalue weighted by Gasteiger charge is -2.23. The van der Waals surface area contributed by atoms with Gasteiger partial charge in [-0.05, 0) is 30.7 Å². The van der Waals surface area contributed by atoms with Gasteiger partial charge in [-0.2, -0.15) is 0 Å². The topological polar surface area (TPSA) is 90.5 Å². The molecule has 5 rings (SSSR count). The van der Waals surface area contributed by atoms with E-state index in [0.717, 1.165) is 21.8 Å². The van der Waals surface area contributed by atoms with E-state index < -0.39 is 0 Å². The maximum Gasteiger partial charge on any atom is 0.321 e. The average molecular weight is 441 g/mol. The third kappa shape index (κ3) is 4.41.